The number of aliphatic carboxylic acids is 1. The lowest BCUT2D eigenvalue weighted by atomic mass is 9.71. The van der Waals surface area contributed by atoms with E-state index in [2.05, 4.69) is 28.3 Å². The molecule has 3 aliphatic carbocycles. The normalized spacial score (nSPS) is 23.3. The van der Waals surface area contributed by atoms with E-state index in [1.54, 1.807) is 7.11 Å². The number of amides is 2. The highest BCUT2D eigenvalue weighted by Crippen LogP contribution is 2.41. The molecule has 2 saturated carbocycles. The third-order valence-corrected chi connectivity index (χ3v) is 11.5. The first-order valence-corrected chi connectivity index (χ1v) is 18.8. The van der Waals surface area contributed by atoms with Gasteiger partial charge in [0.1, 0.15) is 12.3 Å². The van der Waals surface area contributed by atoms with E-state index >= 15 is 0 Å². The van der Waals surface area contributed by atoms with E-state index in [-0.39, 0.29) is 43.3 Å². The van der Waals surface area contributed by atoms with Gasteiger partial charge in [-0.2, -0.15) is 0 Å². The van der Waals surface area contributed by atoms with Crippen molar-refractivity contribution in [2.45, 2.75) is 96.6 Å². The molecule has 2 aromatic carbocycles. The Hall–Kier alpha value is -4.53. The zero-order valence-electron chi connectivity index (χ0n) is 30.1. The highest BCUT2D eigenvalue weighted by atomic mass is 16.5. The van der Waals surface area contributed by atoms with Crippen molar-refractivity contribution in [3.8, 4) is 17.1 Å². The lowest BCUT2D eigenvalue weighted by Crippen LogP contribution is -2.39. The number of hydrogen-bond acceptors (Lipinski definition) is 6. The molecule has 270 valence electrons. The van der Waals surface area contributed by atoms with Crippen LogP contribution in [0.3, 0.4) is 0 Å². The number of nitrogens with one attached hydrogen (secondary N) is 1. The minimum Gasteiger partial charge on any atom is -0.497 e. The first-order chi connectivity index (χ1) is 24.8. The second-order valence-corrected chi connectivity index (χ2v) is 14.8. The van der Waals surface area contributed by atoms with Crippen LogP contribution in [0.5, 0.6) is 5.75 Å². The van der Waals surface area contributed by atoms with Crippen LogP contribution in [0.4, 0.5) is 0 Å². The monoisotopic (exact) mass is 692 g/mol. The summed E-state index contributed by atoms with van der Waals surface area (Å²) in [4.78, 5) is 48.8. The molecule has 0 radical (unpaired) electrons. The van der Waals surface area contributed by atoms with Crippen LogP contribution < -0.4 is 10.1 Å². The molecule has 6 rings (SSSR count). The first-order valence-electron chi connectivity index (χ1n) is 18.8. The summed E-state index contributed by atoms with van der Waals surface area (Å²) in [6.07, 6.45) is 18.7. The van der Waals surface area contributed by atoms with Crippen molar-refractivity contribution in [3.63, 3.8) is 0 Å². The van der Waals surface area contributed by atoms with Crippen LogP contribution in [0.25, 0.3) is 17.0 Å². The van der Waals surface area contributed by atoms with Gasteiger partial charge in [-0.05, 0) is 98.0 Å². The van der Waals surface area contributed by atoms with E-state index in [0.717, 1.165) is 58.6 Å². The average Bonchev–Trinajstić information content (AvgIpc) is 3.63. The molecule has 3 aliphatic rings. The summed E-state index contributed by atoms with van der Waals surface area (Å²) in [7, 11) is 1.60. The topological polar surface area (TPSA) is 122 Å². The van der Waals surface area contributed by atoms with E-state index < -0.39 is 5.97 Å². The Kier molecular flexibility index (Phi) is 12.2. The van der Waals surface area contributed by atoms with Gasteiger partial charge in [-0.3, -0.25) is 14.4 Å². The number of allylic oxidation sites excluding steroid dienone is 2. The number of ether oxygens (including phenoxy) is 1. The van der Waals surface area contributed by atoms with Gasteiger partial charge in [0.25, 0.3) is 0 Å². The number of benzene rings is 2. The molecular formula is C42H52N4O5. The highest BCUT2D eigenvalue weighted by molar-refractivity contribution is 5.84. The second kappa shape index (κ2) is 17.1. The molecular weight excluding hydrogens is 640 g/mol. The number of methoxy groups -OCH3 is 1. The van der Waals surface area contributed by atoms with E-state index in [4.69, 9.17) is 4.74 Å². The smallest absolute Gasteiger partial charge is 0.323 e. The van der Waals surface area contributed by atoms with Crippen molar-refractivity contribution in [2.75, 3.05) is 13.7 Å². The maximum Gasteiger partial charge on any atom is 0.323 e. The maximum atomic E-state index is 13.6. The minimum absolute atomic E-state index is 0.0986. The van der Waals surface area contributed by atoms with Gasteiger partial charge in [-0.25, -0.2) is 9.97 Å². The molecule has 3 aromatic rings. The lowest BCUT2D eigenvalue weighted by molar-refractivity contribution is -0.146. The van der Waals surface area contributed by atoms with E-state index in [1.165, 1.54) is 49.0 Å². The van der Waals surface area contributed by atoms with Crippen molar-refractivity contribution in [3.05, 3.63) is 83.7 Å². The fourth-order valence-corrected chi connectivity index (χ4v) is 8.41. The van der Waals surface area contributed by atoms with Crippen LogP contribution in [0.2, 0.25) is 0 Å². The number of carboxylic acids is 1. The Morgan fingerprint density at radius 2 is 1.57 bits per heavy atom. The predicted molar refractivity (Wildman–Crippen MR) is 198 cm³/mol. The van der Waals surface area contributed by atoms with Gasteiger partial charge in [0, 0.05) is 42.0 Å². The van der Waals surface area contributed by atoms with Gasteiger partial charge in [-0.15, -0.1) is 0 Å². The van der Waals surface area contributed by atoms with Gasteiger partial charge < -0.3 is 20.1 Å². The molecule has 0 saturated heterocycles. The summed E-state index contributed by atoms with van der Waals surface area (Å²) in [5.41, 5.74) is 5.02. The van der Waals surface area contributed by atoms with Crippen LogP contribution in [-0.2, 0) is 27.3 Å². The summed E-state index contributed by atoms with van der Waals surface area (Å²) in [6, 6.07) is 14.9. The minimum atomic E-state index is -1.06. The fourth-order valence-electron chi connectivity index (χ4n) is 8.41. The molecule has 1 aromatic heterocycles. The number of carbonyl (C=O) groups excluding carboxylic acids is 2. The zero-order chi connectivity index (χ0) is 35.7. The van der Waals surface area contributed by atoms with Gasteiger partial charge >= 0.3 is 5.97 Å². The largest absolute Gasteiger partial charge is 0.497 e. The van der Waals surface area contributed by atoms with Gasteiger partial charge in [0.05, 0.1) is 13.5 Å². The molecule has 0 aliphatic heterocycles. The number of carboxylic acid groups (broad SMARTS) is 1. The van der Waals surface area contributed by atoms with Crippen LogP contribution in [0.15, 0.2) is 67.0 Å². The zero-order valence-corrected chi connectivity index (χ0v) is 30.1. The SMILES string of the molecule is CC[C@H]1CC[C@H](C2CC=C(c3cnc(-c4ccc(CN(CC(=O)O)C(=O)[C@H]5CC[C@@H](NC(=O)Cc6ccc(OC)cc6)C5)cc4)nc3)CC2)CC1. The van der Waals surface area contributed by atoms with Crippen molar-refractivity contribution in [1.82, 2.24) is 20.2 Å². The Balaban J connectivity index is 1.00. The summed E-state index contributed by atoms with van der Waals surface area (Å²) >= 11 is 0. The summed E-state index contributed by atoms with van der Waals surface area (Å²) < 4.78 is 5.18. The second-order valence-electron chi connectivity index (χ2n) is 14.8. The standard InChI is InChI=1S/C42H52N4O5/c1-3-28-4-10-31(11-5-28)32-14-16-33(17-15-32)36-24-43-41(44-25-36)34-12-6-30(7-13-34)26-46(27-40(48)49)42(50)35-18-19-37(23-35)45-39(47)22-29-8-20-38(51-2)21-9-29/h6-9,12-13,16,20-21,24-25,28,31-32,35,37H,3-5,10-11,14-15,17-19,22-23,26-27H2,1-2H3,(H,45,47)(H,48,49)/t28-,31-,32?,35-,37+/m0/s1. The fraction of sp³-hybridized carbons (Fsp3) is 0.500. The van der Waals surface area contributed by atoms with E-state index in [1.807, 2.05) is 60.9 Å². The van der Waals surface area contributed by atoms with Crippen molar-refractivity contribution in [2.24, 2.45) is 23.7 Å². The van der Waals surface area contributed by atoms with E-state index in [0.29, 0.717) is 25.1 Å². The third-order valence-electron chi connectivity index (χ3n) is 11.5. The lowest BCUT2D eigenvalue weighted by Gasteiger charge is -2.35. The molecule has 2 fully saturated rings. The molecule has 1 unspecified atom stereocenters. The van der Waals surface area contributed by atoms with Crippen molar-refractivity contribution in [1.29, 1.82) is 0 Å². The first kappa shape index (κ1) is 36.3. The van der Waals surface area contributed by atoms with Crippen molar-refractivity contribution >= 4 is 23.4 Å². The third kappa shape index (κ3) is 9.63. The molecule has 9 heteroatoms. The average molecular weight is 693 g/mol. The van der Waals surface area contributed by atoms with Gasteiger partial charge in [0.2, 0.25) is 11.8 Å². The van der Waals surface area contributed by atoms with Crippen LogP contribution in [0, 0.1) is 23.7 Å². The van der Waals surface area contributed by atoms with Crippen LogP contribution in [0.1, 0.15) is 94.2 Å². The molecule has 2 N–H and O–H groups in total. The number of aromatic nitrogens is 2. The van der Waals surface area contributed by atoms with Crippen LogP contribution in [-0.4, -0.2) is 57.5 Å². The Morgan fingerprint density at radius 1 is 0.863 bits per heavy atom. The van der Waals surface area contributed by atoms with Crippen molar-refractivity contribution < 1.29 is 24.2 Å². The summed E-state index contributed by atoms with van der Waals surface area (Å²) in [6.45, 7) is 2.13. The predicted octanol–water partition coefficient (Wildman–Crippen LogP) is 7.49. The molecule has 1 heterocycles. The summed E-state index contributed by atoms with van der Waals surface area (Å²) in [5.74, 6) is 2.31. The Labute approximate surface area is 301 Å². The molecule has 0 spiro atoms. The Morgan fingerprint density at radius 3 is 2.20 bits per heavy atom. The number of rotatable bonds is 13. The van der Waals surface area contributed by atoms with Gasteiger partial charge in [0.15, 0.2) is 5.82 Å². The Bertz CT molecular complexity index is 1660. The molecule has 51 heavy (non-hydrogen) atoms. The van der Waals surface area contributed by atoms with Crippen LogP contribution >= 0.6 is 0 Å². The maximum absolute atomic E-state index is 13.6. The molecule has 2 amide bonds. The molecule has 3 atom stereocenters. The van der Waals surface area contributed by atoms with Gasteiger partial charge in [-0.1, -0.05) is 68.7 Å². The number of carbonyl (C=O) groups is 3. The van der Waals surface area contributed by atoms with E-state index in [9.17, 15) is 19.5 Å². The highest BCUT2D eigenvalue weighted by Gasteiger charge is 2.34. The molecule has 0 bridgehead atoms. The number of hydrogen-bond donors (Lipinski definition) is 2. The molecule has 9 nitrogen and oxygen atoms in total. The quantitative estimate of drug-likeness (QED) is 0.190. The number of nitrogens with zero attached hydrogens (tertiary/aromatic N) is 3. The summed E-state index contributed by atoms with van der Waals surface area (Å²) in [5, 5.41) is 12.7.